The van der Waals surface area contributed by atoms with Crippen LogP contribution in [-0.2, 0) is 57.5 Å². The molecule has 0 rings (SSSR count). The van der Waals surface area contributed by atoms with Gasteiger partial charge in [0.25, 0.3) is 0 Å². The van der Waals surface area contributed by atoms with Crippen LogP contribution in [0.15, 0.2) is 9.98 Å². The van der Waals surface area contributed by atoms with Gasteiger partial charge in [0, 0.05) is 13.1 Å². The standard InChI is InChI=1S/C49H88N16O15/c1-8-10-15-29(42(74)62-31(47(79)80)16-11-9-2)60-41(73)30(17-13-19-56-49(53)54)61-44(76)32(20-25(3)4)63-39(71)27(7)58-43(75)35(23-38(69)70)65-45(77)33(21-26(5)6)64-46(78)34(22-37(67)68)59-36(66)24-57-40(72)28(50)14-12-18-55-48(51)52/h25-35H,8-24,50H2,1-7H3,(H,57,72)(H,58,75)(H,59,66)(H,60,73)(H,61,76)(H,62,74)(H,63,71)(H,64,78)(H,65,77)(H,67,68)(H,69,70)(H,79,80)(H4,51,52,55)(H4,53,54,56)/t27-,28-,29-,30-,31-,32-,33-,34-,35+/m0/s1. The molecule has 0 saturated carbocycles. The Labute approximate surface area is 465 Å². The van der Waals surface area contributed by atoms with Gasteiger partial charge >= 0.3 is 17.9 Å². The zero-order valence-corrected chi connectivity index (χ0v) is 46.9. The van der Waals surface area contributed by atoms with Crippen LogP contribution in [0.3, 0.4) is 0 Å². The van der Waals surface area contributed by atoms with Gasteiger partial charge in [-0.3, -0.25) is 62.7 Å². The van der Waals surface area contributed by atoms with E-state index in [4.69, 9.17) is 28.7 Å². The van der Waals surface area contributed by atoms with E-state index < -0.39 is 145 Å². The normalized spacial score (nSPS) is 14.3. The SMILES string of the molecule is CCCC[C@H](NC(=O)[C@H](CCCC)NC(=O)[C@H](CCCN=C(N)N)NC(=O)[C@H](CC(C)C)NC(=O)[C@H](C)NC(=O)[C@@H](CC(=O)O)NC(=O)[C@H](CC(C)C)NC(=O)[C@H](CC(=O)O)NC(=O)CNC(=O)[C@@H](N)CCCN=C(N)N)C(=O)O. The molecule has 80 heavy (non-hydrogen) atoms. The smallest absolute Gasteiger partial charge is 0.326 e. The number of unbranched alkanes of at least 4 members (excludes halogenated alkanes) is 2. The lowest BCUT2D eigenvalue weighted by Crippen LogP contribution is -2.60. The second-order valence-electron chi connectivity index (χ2n) is 20.0. The topological polar surface area (TPSA) is 529 Å². The van der Waals surface area contributed by atoms with Crippen molar-refractivity contribution in [1.29, 1.82) is 0 Å². The Balaban J connectivity index is 6.41. The van der Waals surface area contributed by atoms with Crippen LogP contribution in [0.5, 0.6) is 0 Å². The van der Waals surface area contributed by atoms with E-state index in [1.54, 1.807) is 27.7 Å². The maximum absolute atomic E-state index is 14.0. The third-order valence-electron chi connectivity index (χ3n) is 11.7. The zero-order valence-electron chi connectivity index (χ0n) is 46.9. The molecule has 9 amide bonds. The van der Waals surface area contributed by atoms with Crippen molar-refractivity contribution in [2.75, 3.05) is 19.6 Å². The Bertz CT molecular complexity index is 2150. The third kappa shape index (κ3) is 31.5. The van der Waals surface area contributed by atoms with E-state index >= 15 is 0 Å². The van der Waals surface area contributed by atoms with Gasteiger partial charge in [0.15, 0.2) is 11.9 Å². The van der Waals surface area contributed by atoms with Gasteiger partial charge in [-0.15, -0.1) is 0 Å². The van der Waals surface area contributed by atoms with Crippen LogP contribution in [0.25, 0.3) is 0 Å². The summed E-state index contributed by atoms with van der Waals surface area (Å²) >= 11 is 0. The van der Waals surface area contributed by atoms with Gasteiger partial charge in [-0.2, -0.15) is 0 Å². The highest BCUT2D eigenvalue weighted by Gasteiger charge is 2.35. The average Bonchev–Trinajstić information content (AvgIpc) is 3.35. The quantitative estimate of drug-likeness (QED) is 0.0157. The highest BCUT2D eigenvalue weighted by Crippen LogP contribution is 2.12. The van der Waals surface area contributed by atoms with E-state index in [0.717, 1.165) is 0 Å². The molecule has 0 aliphatic rings. The first kappa shape index (κ1) is 72.1. The summed E-state index contributed by atoms with van der Waals surface area (Å²) in [5, 5.41) is 50.7. The number of carbonyl (C=O) groups is 12. The van der Waals surface area contributed by atoms with E-state index in [1.165, 1.54) is 6.92 Å². The molecule has 0 spiro atoms. The molecule has 31 heteroatoms. The maximum atomic E-state index is 14.0. The molecule has 0 fully saturated rings. The number of nitrogens with two attached hydrogens (primary N) is 5. The predicted octanol–water partition coefficient (Wildman–Crippen LogP) is -4.06. The molecule has 0 aliphatic heterocycles. The lowest BCUT2D eigenvalue weighted by atomic mass is 10.0. The Morgan fingerprint density at radius 3 is 1.20 bits per heavy atom. The van der Waals surface area contributed by atoms with Crippen LogP contribution in [-0.4, -0.2) is 172 Å². The number of carboxylic acids is 3. The van der Waals surface area contributed by atoms with Crippen LogP contribution < -0.4 is 76.5 Å². The van der Waals surface area contributed by atoms with Gasteiger partial charge < -0.3 is 91.8 Å². The molecule has 0 aromatic rings. The Hall–Kier alpha value is -7.86. The molecule has 22 N–H and O–H groups in total. The van der Waals surface area contributed by atoms with Gasteiger partial charge in [0.2, 0.25) is 53.2 Å². The summed E-state index contributed by atoms with van der Waals surface area (Å²) in [6.45, 7) is 11.2. The summed E-state index contributed by atoms with van der Waals surface area (Å²) in [4.78, 5) is 165. The number of carbonyl (C=O) groups excluding carboxylic acids is 9. The molecule has 0 radical (unpaired) electrons. The summed E-state index contributed by atoms with van der Waals surface area (Å²) < 4.78 is 0. The van der Waals surface area contributed by atoms with Crippen molar-refractivity contribution in [3.8, 4) is 0 Å². The summed E-state index contributed by atoms with van der Waals surface area (Å²) in [6.07, 6.45) is 0.925. The Morgan fingerprint density at radius 2 is 0.775 bits per heavy atom. The monoisotopic (exact) mass is 1140 g/mol. The van der Waals surface area contributed by atoms with Gasteiger partial charge in [-0.25, -0.2) is 4.79 Å². The first-order chi connectivity index (χ1) is 37.4. The van der Waals surface area contributed by atoms with Crippen molar-refractivity contribution in [2.24, 2.45) is 50.5 Å². The number of carboxylic acid groups (broad SMARTS) is 3. The largest absolute Gasteiger partial charge is 0.481 e. The van der Waals surface area contributed by atoms with E-state index in [2.05, 4.69) is 57.8 Å². The highest BCUT2D eigenvalue weighted by atomic mass is 16.4. The molecule has 9 atom stereocenters. The first-order valence-electron chi connectivity index (χ1n) is 26.6. The summed E-state index contributed by atoms with van der Waals surface area (Å²) in [5.41, 5.74) is 27.3. The molecule has 0 aliphatic carbocycles. The fraction of sp³-hybridized carbons (Fsp3) is 0.714. The van der Waals surface area contributed by atoms with Crippen molar-refractivity contribution in [3.05, 3.63) is 0 Å². The van der Waals surface area contributed by atoms with Crippen LogP contribution in [0.1, 0.15) is 138 Å². The summed E-state index contributed by atoms with van der Waals surface area (Å²) in [6, 6.07) is -12.9. The van der Waals surface area contributed by atoms with Gasteiger partial charge in [-0.05, 0) is 70.1 Å². The second kappa shape index (κ2) is 38.7. The van der Waals surface area contributed by atoms with Crippen LogP contribution in [0.2, 0.25) is 0 Å². The minimum Gasteiger partial charge on any atom is -0.481 e. The number of nitrogens with zero attached hydrogens (tertiary/aromatic N) is 2. The average molecular weight is 1140 g/mol. The lowest BCUT2D eigenvalue weighted by Gasteiger charge is -2.28. The highest BCUT2D eigenvalue weighted by molar-refractivity contribution is 5.99. The van der Waals surface area contributed by atoms with Crippen molar-refractivity contribution < 1.29 is 72.9 Å². The second-order valence-corrected chi connectivity index (χ2v) is 20.0. The van der Waals surface area contributed by atoms with Crippen LogP contribution >= 0.6 is 0 Å². The molecule has 31 nitrogen and oxygen atoms in total. The molecular weight excluding hydrogens is 1050 g/mol. The number of guanidine groups is 2. The van der Waals surface area contributed by atoms with Crippen molar-refractivity contribution >= 4 is 83.0 Å². The molecule has 0 bridgehead atoms. The zero-order chi connectivity index (χ0) is 61.2. The fourth-order valence-corrected chi connectivity index (χ4v) is 7.52. The van der Waals surface area contributed by atoms with Crippen LogP contribution in [0.4, 0.5) is 0 Å². The molecular formula is C49H88N16O15. The number of rotatable bonds is 41. The molecule has 0 unspecified atom stereocenters. The van der Waals surface area contributed by atoms with Gasteiger partial charge in [0.1, 0.15) is 48.3 Å². The molecule has 0 saturated heterocycles. The van der Waals surface area contributed by atoms with Crippen LogP contribution in [0, 0.1) is 11.8 Å². The number of nitrogens with one attached hydrogen (secondary N) is 9. The Kier molecular flexibility index (Phi) is 34.9. The molecule has 0 aromatic carbocycles. The van der Waals surface area contributed by atoms with Crippen molar-refractivity contribution in [2.45, 2.75) is 193 Å². The number of aliphatic carboxylic acids is 3. The lowest BCUT2D eigenvalue weighted by molar-refractivity contribution is -0.143. The number of hydrogen-bond acceptors (Lipinski definition) is 15. The molecule has 454 valence electrons. The van der Waals surface area contributed by atoms with E-state index in [9.17, 15) is 72.9 Å². The van der Waals surface area contributed by atoms with Gasteiger partial charge in [-0.1, -0.05) is 67.2 Å². The van der Waals surface area contributed by atoms with E-state index in [1.807, 2.05) is 13.8 Å². The predicted molar refractivity (Wildman–Crippen MR) is 292 cm³/mol. The first-order valence-corrected chi connectivity index (χ1v) is 26.6. The molecule has 0 heterocycles. The maximum Gasteiger partial charge on any atom is 0.326 e. The number of hydrogen-bond donors (Lipinski definition) is 17. The third-order valence-corrected chi connectivity index (χ3v) is 11.7. The molecule has 0 aromatic heterocycles. The van der Waals surface area contributed by atoms with Crippen molar-refractivity contribution in [3.63, 3.8) is 0 Å². The van der Waals surface area contributed by atoms with Gasteiger partial charge in [0.05, 0.1) is 25.4 Å². The van der Waals surface area contributed by atoms with E-state index in [-0.39, 0.29) is 81.8 Å². The summed E-state index contributed by atoms with van der Waals surface area (Å²) in [7, 11) is 0. The van der Waals surface area contributed by atoms with Crippen molar-refractivity contribution in [1.82, 2.24) is 47.9 Å². The Morgan fingerprint density at radius 1 is 0.425 bits per heavy atom. The summed E-state index contributed by atoms with van der Waals surface area (Å²) in [5.74, 6) is -13.9. The minimum atomic E-state index is -1.89. The number of amides is 9. The fourth-order valence-electron chi connectivity index (χ4n) is 7.52. The van der Waals surface area contributed by atoms with E-state index in [0.29, 0.717) is 32.1 Å². The number of aliphatic imine (C=N–C) groups is 2. The minimum absolute atomic E-state index is 0.0109.